The predicted molar refractivity (Wildman–Crippen MR) is 79.4 cm³/mol. The van der Waals surface area contributed by atoms with Crippen LogP contribution in [0.1, 0.15) is 23.6 Å². The van der Waals surface area contributed by atoms with E-state index in [-0.39, 0.29) is 6.04 Å². The number of fused-ring (bicyclic) bond motifs is 1. The summed E-state index contributed by atoms with van der Waals surface area (Å²) in [6, 6.07) is 3.82. The quantitative estimate of drug-likeness (QED) is 0.945. The number of nitrogens with zero attached hydrogens (tertiary/aromatic N) is 2. The highest BCUT2D eigenvalue weighted by Crippen LogP contribution is 2.39. The highest BCUT2D eigenvalue weighted by Gasteiger charge is 2.24. The Kier molecular flexibility index (Phi) is 3.87. The normalized spacial score (nSPS) is 17.6. The van der Waals surface area contributed by atoms with E-state index in [0.29, 0.717) is 16.7 Å². The minimum Gasteiger partial charge on any atom is -0.492 e. The van der Waals surface area contributed by atoms with Gasteiger partial charge in [-0.3, -0.25) is 4.68 Å². The number of nitrogens with one attached hydrogen (secondary N) is 1. The van der Waals surface area contributed by atoms with Crippen LogP contribution in [0.3, 0.4) is 0 Å². The molecule has 106 valence electrons. The van der Waals surface area contributed by atoms with Gasteiger partial charge in [0.25, 0.3) is 0 Å². The van der Waals surface area contributed by atoms with Crippen molar-refractivity contribution in [3.8, 4) is 5.75 Å². The first-order chi connectivity index (χ1) is 9.63. The Balaban J connectivity index is 1.79. The summed E-state index contributed by atoms with van der Waals surface area (Å²) in [5.41, 5.74) is 2.17. The largest absolute Gasteiger partial charge is 0.492 e. The summed E-state index contributed by atoms with van der Waals surface area (Å²) in [7, 11) is 1.91. The van der Waals surface area contributed by atoms with E-state index in [4.69, 9.17) is 27.9 Å². The van der Waals surface area contributed by atoms with Gasteiger partial charge in [-0.1, -0.05) is 23.2 Å². The van der Waals surface area contributed by atoms with Gasteiger partial charge >= 0.3 is 0 Å². The van der Waals surface area contributed by atoms with E-state index in [1.54, 1.807) is 10.7 Å². The van der Waals surface area contributed by atoms with Gasteiger partial charge in [0, 0.05) is 48.4 Å². The van der Waals surface area contributed by atoms with Gasteiger partial charge in [0.15, 0.2) is 0 Å². The van der Waals surface area contributed by atoms with Crippen LogP contribution in [0.25, 0.3) is 0 Å². The molecule has 1 aromatic carbocycles. The number of benzene rings is 1. The van der Waals surface area contributed by atoms with Crippen LogP contribution in [-0.2, 0) is 13.6 Å². The van der Waals surface area contributed by atoms with Gasteiger partial charge in [0.05, 0.1) is 17.8 Å². The van der Waals surface area contributed by atoms with Gasteiger partial charge in [-0.05, 0) is 12.1 Å². The number of aromatic nitrogens is 2. The van der Waals surface area contributed by atoms with E-state index < -0.39 is 0 Å². The molecule has 1 unspecified atom stereocenters. The number of ether oxygens (including phenoxy) is 1. The Labute approximate surface area is 127 Å². The molecule has 1 aromatic heterocycles. The van der Waals surface area contributed by atoms with Crippen LogP contribution >= 0.6 is 23.2 Å². The second kappa shape index (κ2) is 5.64. The van der Waals surface area contributed by atoms with Crippen molar-refractivity contribution in [2.45, 2.75) is 19.0 Å². The molecule has 4 nitrogen and oxygen atoms in total. The molecule has 1 aliphatic heterocycles. The van der Waals surface area contributed by atoms with Gasteiger partial charge in [-0.2, -0.15) is 5.10 Å². The van der Waals surface area contributed by atoms with Crippen LogP contribution in [0.4, 0.5) is 0 Å². The molecule has 2 aromatic rings. The molecular formula is C14H15Cl2N3O. The predicted octanol–water partition coefficient (Wildman–Crippen LogP) is 3.34. The Morgan fingerprint density at radius 2 is 2.30 bits per heavy atom. The van der Waals surface area contributed by atoms with Crippen molar-refractivity contribution in [1.82, 2.24) is 15.1 Å². The second-order valence-electron chi connectivity index (χ2n) is 4.90. The summed E-state index contributed by atoms with van der Waals surface area (Å²) in [4.78, 5) is 0. The summed E-state index contributed by atoms with van der Waals surface area (Å²) in [5, 5.41) is 8.88. The Morgan fingerprint density at radius 1 is 1.45 bits per heavy atom. The molecule has 0 aliphatic carbocycles. The third-order valence-corrected chi connectivity index (χ3v) is 3.88. The van der Waals surface area contributed by atoms with Crippen molar-refractivity contribution in [2.75, 3.05) is 6.61 Å². The third-order valence-electron chi connectivity index (χ3n) is 3.38. The van der Waals surface area contributed by atoms with Gasteiger partial charge in [0.2, 0.25) is 0 Å². The molecule has 0 radical (unpaired) electrons. The highest BCUT2D eigenvalue weighted by atomic mass is 35.5. The van der Waals surface area contributed by atoms with E-state index in [1.165, 1.54) is 0 Å². The van der Waals surface area contributed by atoms with Crippen molar-refractivity contribution in [3.63, 3.8) is 0 Å². The standard InChI is InChI=1S/C14H15Cl2N3O/c1-19-8-9(7-18-19)6-17-13-2-3-20-14-11(13)4-10(15)5-12(14)16/h4-5,7-8,13,17H,2-3,6H2,1H3. The van der Waals surface area contributed by atoms with Crippen LogP contribution in [0.2, 0.25) is 10.0 Å². The fourth-order valence-corrected chi connectivity index (χ4v) is 3.01. The Bertz CT molecular complexity index is 627. The molecule has 2 heterocycles. The third kappa shape index (κ3) is 2.77. The molecule has 3 rings (SSSR count). The van der Waals surface area contributed by atoms with E-state index in [2.05, 4.69) is 10.4 Å². The Hall–Kier alpha value is -1.23. The first kappa shape index (κ1) is 13.7. The van der Waals surface area contributed by atoms with Crippen molar-refractivity contribution >= 4 is 23.2 Å². The van der Waals surface area contributed by atoms with Gasteiger partial charge in [-0.25, -0.2) is 0 Å². The number of hydrogen-bond donors (Lipinski definition) is 1. The maximum absolute atomic E-state index is 6.18. The zero-order valence-electron chi connectivity index (χ0n) is 11.1. The molecule has 6 heteroatoms. The SMILES string of the molecule is Cn1cc(CNC2CCOc3c(Cl)cc(Cl)cc32)cn1. The number of halogens is 2. The molecule has 0 bridgehead atoms. The van der Waals surface area contributed by atoms with Crippen LogP contribution in [0, 0.1) is 0 Å². The average molecular weight is 312 g/mol. The fourth-order valence-electron chi connectivity index (χ4n) is 2.44. The topological polar surface area (TPSA) is 39.1 Å². The summed E-state index contributed by atoms with van der Waals surface area (Å²) < 4.78 is 7.44. The van der Waals surface area contributed by atoms with Crippen molar-refractivity contribution in [3.05, 3.63) is 45.7 Å². The summed E-state index contributed by atoms with van der Waals surface area (Å²) in [6.45, 7) is 1.40. The lowest BCUT2D eigenvalue weighted by Crippen LogP contribution is -2.26. The number of hydrogen-bond acceptors (Lipinski definition) is 3. The van der Waals surface area contributed by atoms with E-state index in [0.717, 1.165) is 29.8 Å². The number of aryl methyl sites for hydroxylation is 1. The second-order valence-corrected chi connectivity index (χ2v) is 5.74. The monoisotopic (exact) mass is 311 g/mol. The van der Waals surface area contributed by atoms with Crippen molar-refractivity contribution in [2.24, 2.45) is 7.05 Å². The smallest absolute Gasteiger partial charge is 0.142 e. The fraction of sp³-hybridized carbons (Fsp3) is 0.357. The molecule has 0 fully saturated rings. The lowest BCUT2D eigenvalue weighted by atomic mass is 10.0. The maximum atomic E-state index is 6.18. The lowest BCUT2D eigenvalue weighted by Gasteiger charge is -2.27. The zero-order valence-corrected chi connectivity index (χ0v) is 12.6. The van der Waals surface area contributed by atoms with Crippen molar-refractivity contribution < 1.29 is 4.74 Å². The van der Waals surface area contributed by atoms with Crippen LogP contribution in [0.5, 0.6) is 5.75 Å². The first-order valence-corrected chi connectivity index (χ1v) is 7.22. The van der Waals surface area contributed by atoms with Crippen LogP contribution in [-0.4, -0.2) is 16.4 Å². The maximum Gasteiger partial charge on any atom is 0.142 e. The summed E-state index contributed by atoms with van der Waals surface area (Å²) in [5.74, 6) is 0.742. The van der Waals surface area contributed by atoms with E-state index in [9.17, 15) is 0 Å². The van der Waals surface area contributed by atoms with E-state index in [1.807, 2.05) is 25.5 Å². The molecule has 1 atom stereocenters. The average Bonchev–Trinajstić information content (AvgIpc) is 2.82. The molecule has 0 saturated carbocycles. The molecule has 0 spiro atoms. The van der Waals surface area contributed by atoms with Gasteiger partial charge in [-0.15, -0.1) is 0 Å². The molecule has 0 amide bonds. The summed E-state index contributed by atoms with van der Waals surface area (Å²) >= 11 is 12.3. The summed E-state index contributed by atoms with van der Waals surface area (Å²) in [6.07, 6.45) is 4.75. The molecular weight excluding hydrogens is 297 g/mol. The zero-order chi connectivity index (χ0) is 14.1. The number of rotatable bonds is 3. The van der Waals surface area contributed by atoms with Crippen LogP contribution in [0.15, 0.2) is 24.5 Å². The minimum absolute atomic E-state index is 0.190. The lowest BCUT2D eigenvalue weighted by molar-refractivity contribution is 0.252. The van der Waals surface area contributed by atoms with Crippen molar-refractivity contribution in [1.29, 1.82) is 0 Å². The van der Waals surface area contributed by atoms with E-state index >= 15 is 0 Å². The molecule has 20 heavy (non-hydrogen) atoms. The van der Waals surface area contributed by atoms with Gasteiger partial charge in [0.1, 0.15) is 5.75 Å². The minimum atomic E-state index is 0.190. The molecule has 1 aliphatic rings. The Morgan fingerprint density at radius 3 is 3.05 bits per heavy atom. The van der Waals surface area contributed by atoms with Crippen LogP contribution < -0.4 is 10.1 Å². The molecule has 0 saturated heterocycles. The van der Waals surface area contributed by atoms with Gasteiger partial charge < -0.3 is 10.1 Å². The molecule has 1 N–H and O–H groups in total. The first-order valence-electron chi connectivity index (χ1n) is 6.46. The highest BCUT2D eigenvalue weighted by molar-refractivity contribution is 6.35.